The van der Waals surface area contributed by atoms with E-state index in [1.807, 2.05) is 0 Å². The Hall–Kier alpha value is -4.60. The quantitative estimate of drug-likeness (QED) is 0.428. The van der Waals surface area contributed by atoms with Crippen molar-refractivity contribution >= 4 is 34.6 Å². The molecule has 0 aromatic heterocycles. The normalized spacial score (nSPS) is 10.3. The Morgan fingerprint density at radius 1 is 0.656 bits per heavy atom. The highest BCUT2D eigenvalue weighted by atomic mass is 16.6. The molecule has 162 valence electrons. The van der Waals surface area contributed by atoms with Gasteiger partial charge in [0.1, 0.15) is 0 Å². The van der Waals surface area contributed by atoms with Crippen LogP contribution in [0.1, 0.15) is 31.8 Å². The molecule has 0 spiro atoms. The molecule has 3 aromatic carbocycles. The first-order chi connectivity index (χ1) is 15.2. The Morgan fingerprint density at radius 3 is 1.28 bits per heavy atom. The zero-order valence-corrected chi connectivity index (χ0v) is 17.1. The van der Waals surface area contributed by atoms with Crippen molar-refractivity contribution in [1.82, 2.24) is 0 Å². The fourth-order valence-electron chi connectivity index (χ4n) is 3.06. The van der Waals surface area contributed by atoms with Gasteiger partial charge in [0.05, 0.1) is 9.85 Å². The molecule has 0 bridgehead atoms. The molecule has 0 saturated carbocycles. The average Bonchev–Trinajstić information content (AvgIpc) is 2.73. The van der Waals surface area contributed by atoms with Crippen LogP contribution in [0.15, 0.2) is 60.7 Å². The van der Waals surface area contributed by atoms with Gasteiger partial charge in [-0.2, -0.15) is 0 Å². The first kappa shape index (κ1) is 22.1. The van der Waals surface area contributed by atoms with Crippen molar-refractivity contribution < 1.29 is 19.4 Å². The number of nitro groups is 2. The van der Waals surface area contributed by atoms with Crippen molar-refractivity contribution in [2.75, 3.05) is 10.6 Å². The fraction of sp³-hybridized carbons (Fsp3) is 0.0909. The predicted molar refractivity (Wildman–Crippen MR) is 118 cm³/mol. The van der Waals surface area contributed by atoms with E-state index in [1.54, 1.807) is 13.8 Å². The topological polar surface area (TPSA) is 144 Å². The highest BCUT2D eigenvalue weighted by Gasteiger charge is 2.14. The molecule has 10 nitrogen and oxygen atoms in total. The molecule has 0 saturated heterocycles. The highest BCUT2D eigenvalue weighted by molar-refractivity contribution is 6.07. The van der Waals surface area contributed by atoms with Crippen LogP contribution in [0.25, 0.3) is 0 Å². The first-order valence-electron chi connectivity index (χ1n) is 9.38. The van der Waals surface area contributed by atoms with Crippen molar-refractivity contribution in [3.8, 4) is 0 Å². The second kappa shape index (κ2) is 9.04. The molecule has 2 amide bonds. The number of nitrogens with zero attached hydrogens (tertiary/aromatic N) is 2. The lowest BCUT2D eigenvalue weighted by Crippen LogP contribution is -2.14. The summed E-state index contributed by atoms with van der Waals surface area (Å²) in [5.41, 5.74) is 2.17. The Bertz CT molecular complexity index is 1140. The van der Waals surface area contributed by atoms with Crippen LogP contribution in [-0.2, 0) is 0 Å². The van der Waals surface area contributed by atoms with Gasteiger partial charge < -0.3 is 10.6 Å². The van der Waals surface area contributed by atoms with Gasteiger partial charge >= 0.3 is 0 Å². The van der Waals surface area contributed by atoms with Crippen LogP contribution < -0.4 is 10.6 Å². The zero-order chi connectivity index (χ0) is 23.4. The lowest BCUT2D eigenvalue weighted by atomic mass is 10.1. The maximum Gasteiger partial charge on any atom is 0.272 e. The molecule has 0 heterocycles. The van der Waals surface area contributed by atoms with Crippen LogP contribution in [0.5, 0.6) is 0 Å². The summed E-state index contributed by atoms with van der Waals surface area (Å²) in [6.07, 6.45) is 0. The third-order valence-corrected chi connectivity index (χ3v) is 4.71. The number of nitro benzene ring substituents is 2. The van der Waals surface area contributed by atoms with E-state index in [0.29, 0.717) is 33.6 Å². The second-order valence-electron chi connectivity index (χ2n) is 7.00. The zero-order valence-electron chi connectivity index (χ0n) is 17.1. The standard InChI is InChI=1S/C22H18N4O6/c1-13-11-17(7-9-19(13)25(29)30)23-21(27)15-3-5-16(6-4-15)22(28)24-18-8-10-20(26(31)32)14(2)12-18/h3-12H,1-2H3,(H,23,27)(H,24,28). The van der Waals surface area contributed by atoms with Crippen molar-refractivity contribution in [2.24, 2.45) is 0 Å². The summed E-state index contributed by atoms with van der Waals surface area (Å²) in [6.45, 7) is 3.15. The van der Waals surface area contributed by atoms with Gasteiger partial charge in [0.25, 0.3) is 23.2 Å². The number of nitrogens with one attached hydrogen (secondary N) is 2. The number of rotatable bonds is 6. The lowest BCUT2D eigenvalue weighted by Gasteiger charge is -2.09. The number of hydrogen-bond donors (Lipinski definition) is 2. The predicted octanol–water partition coefficient (Wildman–Crippen LogP) is 4.62. The van der Waals surface area contributed by atoms with Crippen LogP contribution in [-0.4, -0.2) is 21.7 Å². The minimum Gasteiger partial charge on any atom is -0.322 e. The van der Waals surface area contributed by atoms with Crippen LogP contribution in [0.3, 0.4) is 0 Å². The van der Waals surface area contributed by atoms with Gasteiger partial charge in [0.15, 0.2) is 0 Å². The van der Waals surface area contributed by atoms with E-state index in [4.69, 9.17) is 0 Å². The van der Waals surface area contributed by atoms with Crippen LogP contribution in [0.4, 0.5) is 22.7 Å². The molecular weight excluding hydrogens is 416 g/mol. The van der Waals surface area contributed by atoms with Crippen LogP contribution >= 0.6 is 0 Å². The summed E-state index contributed by atoms with van der Waals surface area (Å²) in [5.74, 6) is -0.868. The van der Waals surface area contributed by atoms with Gasteiger partial charge in [0, 0.05) is 45.8 Å². The van der Waals surface area contributed by atoms with E-state index in [1.165, 1.54) is 60.7 Å². The second-order valence-corrected chi connectivity index (χ2v) is 7.00. The van der Waals surface area contributed by atoms with Crippen LogP contribution in [0.2, 0.25) is 0 Å². The summed E-state index contributed by atoms with van der Waals surface area (Å²) in [5, 5.41) is 27.1. The van der Waals surface area contributed by atoms with E-state index in [-0.39, 0.29) is 11.4 Å². The summed E-state index contributed by atoms with van der Waals surface area (Å²) in [7, 11) is 0. The minimum absolute atomic E-state index is 0.0402. The van der Waals surface area contributed by atoms with Gasteiger partial charge in [-0.25, -0.2) is 0 Å². The largest absolute Gasteiger partial charge is 0.322 e. The summed E-state index contributed by atoms with van der Waals surface area (Å²) in [6, 6.07) is 14.4. The summed E-state index contributed by atoms with van der Waals surface area (Å²) < 4.78 is 0. The Labute approximate surface area is 182 Å². The van der Waals surface area contributed by atoms with Gasteiger partial charge in [-0.15, -0.1) is 0 Å². The van der Waals surface area contributed by atoms with Crippen molar-refractivity contribution in [1.29, 1.82) is 0 Å². The molecular formula is C22H18N4O6. The first-order valence-corrected chi connectivity index (χ1v) is 9.38. The van der Waals surface area contributed by atoms with Crippen molar-refractivity contribution in [2.45, 2.75) is 13.8 Å². The number of carbonyl (C=O) groups is 2. The molecule has 3 rings (SSSR count). The molecule has 2 N–H and O–H groups in total. The van der Waals surface area contributed by atoms with Crippen molar-refractivity contribution in [3.63, 3.8) is 0 Å². The third kappa shape index (κ3) is 4.93. The number of amides is 2. The number of anilines is 2. The fourth-order valence-corrected chi connectivity index (χ4v) is 3.06. The summed E-state index contributed by atoms with van der Waals surface area (Å²) >= 11 is 0. The molecule has 0 aliphatic rings. The van der Waals surface area contributed by atoms with Gasteiger partial charge in [-0.3, -0.25) is 29.8 Å². The SMILES string of the molecule is Cc1cc(NC(=O)c2ccc(C(=O)Nc3ccc([N+](=O)[O-])c(C)c3)cc2)ccc1[N+](=O)[O-]. The number of hydrogen-bond acceptors (Lipinski definition) is 6. The van der Waals surface area contributed by atoms with Gasteiger partial charge in [-0.1, -0.05) is 0 Å². The maximum absolute atomic E-state index is 12.4. The number of benzene rings is 3. The van der Waals surface area contributed by atoms with E-state index in [2.05, 4.69) is 10.6 Å². The molecule has 0 radical (unpaired) electrons. The Morgan fingerprint density at radius 2 is 1.00 bits per heavy atom. The molecule has 0 fully saturated rings. The van der Waals surface area contributed by atoms with E-state index in [9.17, 15) is 29.8 Å². The number of carbonyl (C=O) groups excluding carboxylic acids is 2. The molecule has 0 aliphatic heterocycles. The van der Waals surface area contributed by atoms with E-state index < -0.39 is 21.7 Å². The molecule has 32 heavy (non-hydrogen) atoms. The Kier molecular flexibility index (Phi) is 6.24. The molecule has 0 aliphatic carbocycles. The molecule has 0 unspecified atom stereocenters. The van der Waals surface area contributed by atoms with Crippen molar-refractivity contribution in [3.05, 3.63) is 103 Å². The van der Waals surface area contributed by atoms with Gasteiger partial charge in [-0.05, 0) is 62.4 Å². The highest BCUT2D eigenvalue weighted by Crippen LogP contribution is 2.23. The summed E-state index contributed by atoms with van der Waals surface area (Å²) in [4.78, 5) is 45.7. The number of aryl methyl sites for hydroxylation is 2. The Balaban J connectivity index is 1.67. The van der Waals surface area contributed by atoms with E-state index >= 15 is 0 Å². The molecule has 3 aromatic rings. The molecule has 0 atom stereocenters. The smallest absolute Gasteiger partial charge is 0.272 e. The monoisotopic (exact) mass is 434 g/mol. The van der Waals surface area contributed by atoms with Gasteiger partial charge in [0.2, 0.25) is 0 Å². The lowest BCUT2D eigenvalue weighted by molar-refractivity contribution is -0.385. The third-order valence-electron chi connectivity index (χ3n) is 4.71. The average molecular weight is 434 g/mol. The molecule has 10 heteroatoms. The van der Waals surface area contributed by atoms with Crippen LogP contribution in [0, 0.1) is 34.1 Å². The van der Waals surface area contributed by atoms with E-state index in [0.717, 1.165) is 0 Å². The maximum atomic E-state index is 12.4. The minimum atomic E-state index is -0.497.